The monoisotopic (exact) mass is 985 g/mol. The van der Waals surface area contributed by atoms with E-state index in [0.29, 0.717) is 19.3 Å². The molecule has 6 nitrogen and oxygen atoms in total. The van der Waals surface area contributed by atoms with Gasteiger partial charge >= 0.3 is 17.9 Å². The van der Waals surface area contributed by atoms with E-state index in [1.807, 2.05) is 0 Å². The Hall–Kier alpha value is -2.11. The van der Waals surface area contributed by atoms with Gasteiger partial charge in [0.1, 0.15) is 13.2 Å². The molecule has 0 N–H and O–H groups in total. The van der Waals surface area contributed by atoms with Gasteiger partial charge < -0.3 is 14.2 Å². The standard InChI is InChI=1S/C64H120O6/c1-4-7-10-13-16-19-22-25-28-30-32-34-36-39-42-45-48-51-54-57-63(66)69-60-61(59-68-62(65)56-53-50-47-44-41-38-27-24-21-18-15-12-9-6-3)70-64(67)58-55-52-49-46-43-40-37-35-33-31-29-26-23-20-17-14-11-8-5-2/h30-33,61H,4-29,34-60H2,1-3H3/b32-30-,33-31-. The van der Waals surface area contributed by atoms with E-state index < -0.39 is 6.10 Å². The largest absolute Gasteiger partial charge is 0.462 e. The average molecular weight is 986 g/mol. The van der Waals surface area contributed by atoms with Crippen LogP contribution in [-0.2, 0) is 28.6 Å². The van der Waals surface area contributed by atoms with Gasteiger partial charge in [-0.2, -0.15) is 0 Å². The van der Waals surface area contributed by atoms with Gasteiger partial charge in [-0.15, -0.1) is 0 Å². The molecule has 0 aliphatic carbocycles. The lowest BCUT2D eigenvalue weighted by Crippen LogP contribution is -2.30. The second kappa shape index (κ2) is 59.5. The number of hydrogen-bond acceptors (Lipinski definition) is 6. The number of carbonyl (C=O) groups excluding carboxylic acids is 3. The minimum absolute atomic E-state index is 0.0696. The lowest BCUT2D eigenvalue weighted by atomic mass is 10.0. The fraction of sp³-hybridized carbons (Fsp3) is 0.891. The molecule has 0 bridgehead atoms. The quantitative estimate of drug-likeness (QED) is 0.0261. The molecular formula is C64H120O6. The van der Waals surface area contributed by atoms with E-state index in [9.17, 15) is 14.4 Å². The van der Waals surface area contributed by atoms with Crippen molar-refractivity contribution in [3.05, 3.63) is 24.3 Å². The van der Waals surface area contributed by atoms with Crippen LogP contribution in [0.5, 0.6) is 0 Å². The SMILES string of the molecule is CCCCCCCCCC/C=C\CCCCCCCCCC(=O)OCC(COC(=O)CCCCCCCCCCCCCCCC)OC(=O)CCCCCCCCC/C=C\CCCCCCCCCC. The lowest BCUT2D eigenvalue weighted by molar-refractivity contribution is -0.167. The summed E-state index contributed by atoms with van der Waals surface area (Å²) >= 11 is 0. The molecule has 0 aliphatic rings. The van der Waals surface area contributed by atoms with Crippen LogP contribution in [0.25, 0.3) is 0 Å². The molecule has 0 rings (SSSR count). The third-order valence-electron chi connectivity index (χ3n) is 14.2. The van der Waals surface area contributed by atoms with Gasteiger partial charge in [-0.05, 0) is 70.6 Å². The third-order valence-corrected chi connectivity index (χ3v) is 14.2. The Balaban J connectivity index is 4.32. The number of ether oxygens (including phenoxy) is 3. The molecule has 0 aromatic heterocycles. The van der Waals surface area contributed by atoms with Crippen molar-refractivity contribution in [2.24, 2.45) is 0 Å². The zero-order chi connectivity index (χ0) is 50.7. The predicted octanol–water partition coefficient (Wildman–Crippen LogP) is 21.1. The van der Waals surface area contributed by atoms with Gasteiger partial charge in [-0.3, -0.25) is 14.4 Å². The van der Waals surface area contributed by atoms with E-state index in [4.69, 9.17) is 14.2 Å². The minimum Gasteiger partial charge on any atom is -0.462 e. The van der Waals surface area contributed by atoms with E-state index in [1.165, 1.54) is 250 Å². The van der Waals surface area contributed by atoms with Crippen LogP contribution in [0.3, 0.4) is 0 Å². The van der Waals surface area contributed by atoms with E-state index in [-0.39, 0.29) is 31.1 Å². The van der Waals surface area contributed by atoms with Crippen LogP contribution in [-0.4, -0.2) is 37.2 Å². The number of unbranched alkanes of at least 4 members (excludes halogenated alkanes) is 43. The summed E-state index contributed by atoms with van der Waals surface area (Å²) in [6.45, 7) is 6.69. The van der Waals surface area contributed by atoms with Crippen molar-refractivity contribution in [1.82, 2.24) is 0 Å². The maximum absolute atomic E-state index is 12.9. The normalized spacial score (nSPS) is 12.1. The van der Waals surface area contributed by atoms with Crippen molar-refractivity contribution in [3.63, 3.8) is 0 Å². The molecule has 0 fully saturated rings. The third kappa shape index (κ3) is 56.8. The van der Waals surface area contributed by atoms with Crippen LogP contribution in [0.4, 0.5) is 0 Å². The van der Waals surface area contributed by atoms with Crippen LogP contribution in [0.2, 0.25) is 0 Å². The predicted molar refractivity (Wildman–Crippen MR) is 303 cm³/mol. The number of hydrogen-bond donors (Lipinski definition) is 0. The minimum atomic E-state index is -0.772. The van der Waals surface area contributed by atoms with Crippen LogP contribution in [0.15, 0.2) is 24.3 Å². The highest BCUT2D eigenvalue weighted by molar-refractivity contribution is 5.71. The second-order valence-electron chi connectivity index (χ2n) is 21.3. The van der Waals surface area contributed by atoms with Crippen molar-refractivity contribution in [2.45, 2.75) is 354 Å². The molecule has 0 aromatic carbocycles. The van der Waals surface area contributed by atoms with Crippen LogP contribution in [0, 0.1) is 0 Å². The van der Waals surface area contributed by atoms with Crippen molar-refractivity contribution in [2.75, 3.05) is 13.2 Å². The molecule has 6 heteroatoms. The summed E-state index contributed by atoms with van der Waals surface area (Å²) in [5, 5.41) is 0. The maximum atomic E-state index is 12.9. The van der Waals surface area contributed by atoms with Crippen LogP contribution >= 0.6 is 0 Å². The zero-order valence-electron chi connectivity index (χ0n) is 47.3. The van der Waals surface area contributed by atoms with Crippen molar-refractivity contribution in [1.29, 1.82) is 0 Å². The molecule has 70 heavy (non-hydrogen) atoms. The van der Waals surface area contributed by atoms with E-state index in [2.05, 4.69) is 45.1 Å². The van der Waals surface area contributed by atoms with Gasteiger partial charge in [-0.1, -0.05) is 283 Å². The van der Waals surface area contributed by atoms with Crippen LogP contribution < -0.4 is 0 Å². The summed E-state index contributed by atoms with van der Waals surface area (Å²) < 4.78 is 16.9. The zero-order valence-corrected chi connectivity index (χ0v) is 47.3. The smallest absolute Gasteiger partial charge is 0.306 e. The topological polar surface area (TPSA) is 78.9 Å². The van der Waals surface area contributed by atoms with E-state index >= 15 is 0 Å². The van der Waals surface area contributed by atoms with Crippen molar-refractivity contribution >= 4 is 17.9 Å². The molecule has 0 amide bonds. The Kier molecular flexibility index (Phi) is 57.7. The van der Waals surface area contributed by atoms with Crippen LogP contribution in [0.1, 0.15) is 348 Å². The number of carbonyl (C=O) groups is 3. The Morgan fingerprint density at radius 3 is 0.714 bits per heavy atom. The summed E-state index contributed by atoms with van der Waals surface area (Å²) in [4.78, 5) is 38.3. The van der Waals surface area contributed by atoms with Gasteiger partial charge in [-0.25, -0.2) is 0 Å². The first kappa shape index (κ1) is 67.9. The van der Waals surface area contributed by atoms with Gasteiger partial charge in [0.15, 0.2) is 6.10 Å². The number of rotatable bonds is 58. The molecule has 0 saturated heterocycles. The first-order chi connectivity index (χ1) is 34.5. The lowest BCUT2D eigenvalue weighted by Gasteiger charge is -2.18. The fourth-order valence-corrected chi connectivity index (χ4v) is 9.44. The first-order valence-corrected chi connectivity index (χ1v) is 31.3. The molecule has 0 saturated carbocycles. The maximum Gasteiger partial charge on any atom is 0.306 e. The van der Waals surface area contributed by atoms with E-state index in [1.54, 1.807) is 0 Å². The molecule has 1 unspecified atom stereocenters. The summed E-state index contributed by atoms with van der Waals surface area (Å²) in [6, 6.07) is 0. The van der Waals surface area contributed by atoms with Gasteiger partial charge in [0.2, 0.25) is 0 Å². The Morgan fingerprint density at radius 1 is 0.271 bits per heavy atom. The van der Waals surface area contributed by atoms with Gasteiger partial charge in [0.25, 0.3) is 0 Å². The van der Waals surface area contributed by atoms with Gasteiger partial charge in [0, 0.05) is 19.3 Å². The second-order valence-corrected chi connectivity index (χ2v) is 21.3. The Bertz CT molecular complexity index is 1130. The molecule has 0 radical (unpaired) electrons. The highest BCUT2D eigenvalue weighted by atomic mass is 16.6. The summed E-state index contributed by atoms with van der Waals surface area (Å²) in [6.07, 6.45) is 70.3. The summed E-state index contributed by atoms with van der Waals surface area (Å²) in [5.74, 6) is -0.854. The highest BCUT2D eigenvalue weighted by Gasteiger charge is 2.19. The van der Waals surface area contributed by atoms with Crippen molar-refractivity contribution in [3.8, 4) is 0 Å². The first-order valence-electron chi connectivity index (χ1n) is 31.3. The molecular weight excluding hydrogens is 865 g/mol. The average Bonchev–Trinajstić information content (AvgIpc) is 3.36. The fourth-order valence-electron chi connectivity index (χ4n) is 9.44. The molecule has 0 spiro atoms. The number of allylic oxidation sites excluding steroid dienone is 4. The van der Waals surface area contributed by atoms with Gasteiger partial charge in [0.05, 0.1) is 0 Å². The molecule has 0 aromatic rings. The number of esters is 3. The molecule has 412 valence electrons. The summed E-state index contributed by atoms with van der Waals surface area (Å²) in [5.41, 5.74) is 0. The highest BCUT2D eigenvalue weighted by Crippen LogP contribution is 2.17. The molecule has 0 aliphatic heterocycles. The van der Waals surface area contributed by atoms with Crippen molar-refractivity contribution < 1.29 is 28.6 Å². The molecule has 1 atom stereocenters. The Morgan fingerprint density at radius 2 is 0.471 bits per heavy atom. The summed E-state index contributed by atoms with van der Waals surface area (Å²) in [7, 11) is 0. The molecule has 0 heterocycles. The van der Waals surface area contributed by atoms with E-state index in [0.717, 1.165) is 57.8 Å². The Labute approximate surface area is 436 Å².